The molecular formula is C35H43BrF3N7O4. The molecule has 3 aliphatic heterocycles. The van der Waals surface area contributed by atoms with Gasteiger partial charge in [0.05, 0.1) is 17.3 Å². The lowest BCUT2D eigenvalue weighted by atomic mass is 9.79. The molecule has 1 atom stereocenters. The number of nitrogens with one attached hydrogen (secondary N) is 1. The Labute approximate surface area is 297 Å². The Balaban J connectivity index is 1.14. The average Bonchev–Trinajstić information content (AvgIpc) is 3.50. The predicted molar refractivity (Wildman–Crippen MR) is 185 cm³/mol. The van der Waals surface area contributed by atoms with Gasteiger partial charge in [-0.05, 0) is 104 Å². The number of likely N-dealkylation sites (tertiary alicyclic amines) is 3. The molecule has 3 saturated heterocycles. The summed E-state index contributed by atoms with van der Waals surface area (Å²) in [6.07, 6.45) is -2.25. The number of halogens is 4. The van der Waals surface area contributed by atoms with Crippen molar-refractivity contribution in [3.05, 3.63) is 68.5 Å². The van der Waals surface area contributed by atoms with Gasteiger partial charge in [-0.2, -0.15) is 13.2 Å². The summed E-state index contributed by atoms with van der Waals surface area (Å²) in [6.45, 7) is 3.61. The van der Waals surface area contributed by atoms with Crippen LogP contribution < -0.4 is 11.4 Å². The van der Waals surface area contributed by atoms with Gasteiger partial charge in [-0.15, -0.1) is 5.10 Å². The standard InChI is InChI=1S/C35H43BrF3N7O4/c1-43-13-7-23(8-14-43)24-9-15-44(16-10-24)32(47)29(21-22-19-27(35(37,38)39)30(40)28(36)20-22)50-34(49)45-17-11-26(12-18-45)46-33(48)41-31(42-46)25-5-3-2-4-6-25/h2-6,19-20,23-24,26,29H,7-18,21,40H2,1H3,(H,41,42,48)/t29-/m1/s1. The van der Waals surface area contributed by atoms with Crippen molar-refractivity contribution in [2.75, 3.05) is 52.0 Å². The molecule has 3 aliphatic rings. The Kier molecular flexibility index (Phi) is 10.9. The fraction of sp³-hybridized carbons (Fsp3) is 0.543. The number of hydrogen-bond acceptors (Lipinski definition) is 7. The molecule has 4 heterocycles. The number of anilines is 1. The highest BCUT2D eigenvalue weighted by Gasteiger charge is 2.38. The molecule has 0 unspecified atom stereocenters. The first-order valence-corrected chi connectivity index (χ1v) is 18.0. The number of H-pyrrole nitrogens is 1. The van der Waals surface area contributed by atoms with Gasteiger partial charge in [0.25, 0.3) is 5.91 Å². The number of carbonyl (C=O) groups excluding carboxylic acids is 2. The van der Waals surface area contributed by atoms with Gasteiger partial charge in [0, 0.05) is 42.6 Å². The molecule has 50 heavy (non-hydrogen) atoms. The normalized spacial score (nSPS) is 19.5. The minimum Gasteiger partial charge on any atom is -0.436 e. The number of nitrogens with two attached hydrogens (primary N) is 1. The van der Waals surface area contributed by atoms with Gasteiger partial charge in [0.15, 0.2) is 11.9 Å². The van der Waals surface area contributed by atoms with E-state index in [1.165, 1.54) is 15.6 Å². The molecule has 2 amide bonds. The van der Waals surface area contributed by atoms with Gasteiger partial charge in [-0.25, -0.2) is 14.3 Å². The molecule has 3 aromatic rings. The van der Waals surface area contributed by atoms with Crippen molar-refractivity contribution >= 4 is 33.6 Å². The molecule has 0 spiro atoms. The number of rotatable bonds is 7. The summed E-state index contributed by atoms with van der Waals surface area (Å²) in [7, 11) is 2.13. The second kappa shape index (κ2) is 15.2. The SMILES string of the molecule is CN1CCC(C2CCN(C(=O)[C@@H](Cc3cc(Br)c(N)c(C(F)(F)F)c3)OC(=O)N3CCC(n4nc(-c5ccccc5)[nH]c4=O)CC3)CC2)CC1. The van der Waals surface area contributed by atoms with E-state index in [2.05, 4.69) is 38.0 Å². The van der Waals surface area contributed by atoms with Gasteiger partial charge in [-0.1, -0.05) is 30.3 Å². The van der Waals surface area contributed by atoms with Crippen molar-refractivity contribution in [3.8, 4) is 11.4 Å². The number of carbonyl (C=O) groups is 2. The number of piperidine rings is 3. The van der Waals surface area contributed by atoms with Crippen molar-refractivity contribution < 1.29 is 27.5 Å². The Hall–Kier alpha value is -3.85. The van der Waals surface area contributed by atoms with Crippen LogP contribution >= 0.6 is 15.9 Å². The molecule has 6 rings (SSSR count). The van der Waals surface area contributed by atoms with Gasteiger partial charge < -0.3 is 25.2 Å². The zero-order valence-corrected chi connectivity index (χ0v) is 29.6. The molecule has 2 aromatic carbocycles. The van der Waals surface area contributed by atoms with Crippen LogP contribution in [-0.2, 0) is 22.1 Å². The van der Waals surface area contributed by atoms with E-state index in [1.54, 1.807) is 4.90 Å². The summed E-state index contributed by atoms with van der Waals surface area (Å²) in [6, 6.07) is 11.4. The number of hydrogen-bond donors (Lipinski definition) is 2. The Morgan fingerprint density at radius 2 is 1.56 bits per heavy atom. The third kappa shape index (κ3) is 8.20. The minimum absolute atomic E-state index is 0.0462. The minimum atomic E-state index is -4.71. The van der Waals surface area contributed by atoms with Gasteiger partial charge in [-0.3, -0.25) is 9.78 Å². The number of nitrogens with zero attached hydrogens (tertiary/aromatic N) is 5. The Morgan fingerprint density at radius 3 is 2.18 bits per heavy atom. The lowest BCUT2D eigenvalue weighted by Gasteiger charge is -2.40. The molecule has 11 nitrogen and oxygen atoms in total. The van der Waals surface area contributed by atoms with E-state index in [9.17, 15) is 27.6 Å². The molecule has 0 radical (unpaired) electrons. The highest BCUT2D eigenvalue weighted by Crippen LogP contribution is 2.39. The van der Waals surface area contributed by atoms with E-state index < -0.39 is 35.5 Å². The molecule has 0 saturated carbocycles. The predicted octanol–water partition coefficient (Wildman–Crippen LogP) is 5.57. The second-order valence-electron chi connectivity index (χ2n) is 13.7. The fourth-order valence-electron chi connectivity index (χ4n) is 7.51. The van der Waals surface area contributed by atoms with Crippen molar-refractivity contribution in [1.29, 1.82) is 0 Å². The second-order valence-corrected chi connectivity index (χ2v) is 14.6. The third-order valence-corrected chi connectivity index (χ3v) is 11.1. The summed E-state index contributed by atoms with van der Waals surface area (Å²) in [4.78, 5) is 48.6. The van der Waals surface area contributed by atoms with Crippen molar-refractivity contribution in [1.82, 2.24) is 29.5 Å². The lowest BCUT2D eigenvalue weighted by molar-refractivity contribution is -0.142. The molecule has 3 N–H and O–H groups in total. The third-order valence-electron chi connectivity index (χ3n) is 10.5. The first-order chi connectivity index (χ1) is 23.9. The molecule has 0 aliphatic carbocycles. The van der Waals surface area contributed by atoms with Crippen LogP contribution in [0.5, 0.6) is 0 Å². The maximum absolute atomic E-state index is 14.0. The molecular weight excluding hydrogens is 719 g/mol. The van der Waals surface area contributed by atoms with Crippen LogP contribution in [0.25, 0.3) is 11.4 Å². The number of aromatic nitrogens is 3. The van der Waals surface area contributed by atoms with Crippen LogP contribution in [0.2, 0.25) is 0 Å². The van der Waals surface area contributed by atoms with Crippen molar-refractivity contribution in [3.63, 3.8) is 0 Å². The Morgan fingerprint density at radius 1 is 0.960 bits per heavy atom. The molecule has 270 valence electrons. The molecule has 3 fully saturated rings. The van der Waals surface area contributed by atoms with E-state index in [0.29, 0.717) is 43.6 Å². The number of benzene rings is 2. The maximum Gasteiger partial charge on any atom is 0.418 e. The van der Waals surface area contributed by atoms with Gasteiger partial charge in [0.2, 0.25) is 0 Å². The van der Waals surface area contributed by atoms with Crippen LogP contribution in [0.1, 0.15) is 55.7 Å². The molecule has 15 heteroatoms. The monoisotopic (exact) mass is 761 g/mol. The average molecular weight is 763 g/mol. The van der Waals surface area contributed by atoms with Crippen LogP contribution in [0.15, 0.2) is 51.7 Å². The van der Waals surface area contributed by atoms with Crippen molar-refractivity contribution in [2.24, 2.45) is 11.8 Å². The van der Waals surface area contributed by atoms with Crippen LogP contribution in [0.3, 0.4) is 0 Å². The summed E-state index contributed by atoms with van der Waals surface area (Å²) < 4.78 is 48.8. The smallest absolute Gasteiger partial charge is 0.418 e. The first-order valence-electron chi connectivity index (χ1n) is 17.2. The van der Waals surface area contributed by atoms with E-state index in [0.717, 1.165) is 50.4 Å². The summed E-state index contributed by atoms with van der Waals surface area (Å²) in [5, 5.41) is 4.49. The van der Waals surface area contributed by atoms with E-state index in [-0.39, 0.29) is 41.3 Å². The zero-order valence-electron chi connectivity index (χ0n) is 28.0. The molecule has 1 aromatic heterocycles. The largest absolute Gasteiger partial charge is 0.436 e. The highest BCUT2D eigenvalue weighted by atomic mass is 79.9. The number of ether oxygens (including phenoxy) is 1. The van der Waals surface area contributed by atoms with E-state index in [1.807, 2.05) is 30.3 Å². The van der Waals surface area contributed by atoms with E-state index >= 15 is 0 Å². The number of alkyl halides is 3. The van der Waals surface area contributed by atoms with Crippen molar-refractivity contribution in [2.45, 2.75) is 63.3 Å². The topological polar surface area (TPSA) is 130 Å². The number of aromatic amines is 1. The lowest BCUT2D eigenvalue weighted by Crippen LogP contribution is -2.49. The first kappa shape index (κ1) is 36.0. The number of nitrogen functional groups attached to an aromatic ring is 1. The van der Waals surface area contributed by atoms with Crippen LogP contribution in [0, 0.1) is 11.8 Å². The van der Waals surface area contributed by atoms with E-state index in [4.69, 9.17) is 10.5 Å². The summed E-state index contributed by atoms with van der Waals surface area (Å²) >= 11 is 3.13. The summed E-state index contributed by atoms with van der Waals surface area (Å²) in [5.74, 6) is 1.14. The quantitative estimate of drug-likeness (QED) is 0.302. The fourth-order valence-corrected chi connectivity index (χ4v) is 8.02. The molecule has 0 bridgehead atoms. The summed E-state index contributed by atoms with van der Waals surface area (Å²) in [5.41, 5.74) is 4.86. The Bertz CT molecular complexity index is 1710. The van der Waals surface area contributed by atoms with Gasteiger partial charge in [0.1, 0.15) is 0 Å². The number of amides is 2. The van der Waals surface area contributed by atoms with Gasteiger partial charge >= 0.3 is 18.0 Å². The highest BCUT2D eigenvalue weighted by molar-refractivity contribution is 9.10. The van der Waals surface area contributed by atoms with Crippen LogP contribution in [0.4, 0.5) is 23.7 Å². The zero-order chi connectivity index (χ0) is 35.6. The maximum atomic E-state index is 14.0. The van der Waals surface area contributed by atoms with Crippen LogP contribution in [-0.4, -0.2) is 93.9 Å².